The molecule has 0 unspecified atom stereocenters. The van der Waals surface area contributed by atoms with Crippen molar-refractivity contribution >= 4 is 12.4 Å². The highest BCUT2D eigenvalue weighted by Crippen LogP contribution is 2.31. The second-order valence-electron chi connectivity index (χ2n) is 4.49. The van der Waals surface area contributed by atoms with Crippen LogP contribution in [0.3, 0.4) is 0 Å². The molecule has 0 saturated heterocycles. The fourth-order valence-electron chi connectivity index (χ4n) is 2.28. The Morgan fingerprint density at radius 3 is 2.25 bits per heavy atom. The maximum absolute atomic E-state index is 6.07. The lowest BCUT2D eigenvalue weighted by atomic mass is 9.74. The third kappa shape index (κ3) is 2.95. The van der Waals surface area contributed by atoms with E-state index in [2.05, 4.69) is 20.8 Å². The minimum atomic E-state index is 0. The van der Waals surface area contributed by atoms with Crippen molar-refractivity contribution in [1.29, 1.82) is 0 Å². The molecule has 0 radical (unpaired) electrons. The van der Waals surface area contributed by atoms with Gasteiger partial charge in [-0.05, 0) is 30.6 Å². The van der Waals surface area contributed by atoms with Crippen molar-refractivity contribution in [2.75, 3.05) is 0 Å². The van der Waals surface area contributed by atoms with Crippen LogP contribution < -0.4 is 5.73 Å². The molecule has 0 aromatic rings. The van der Waals surface area contributed by atoms with Crippen LogP contribution in [0.2, 0.25) is 0 Å². The molecule has 0 aliphatic heterocycles. The molecule has 2 N–H and O–H groups in total. The second kappa shape index (κ2) is 5.08. The van der Waals surface area contributed by atoms with Crippen LogP contribution in [-0.2, 0) is 0 Å². The Morgan fingerprint density at radius 2 is 1.83 bits per heavy atom. The zero-order valence-electron chi connectivity index (χ0n) is 8.42. The van der Waals surface area contributed by atoms with E-state index in [4.69, 9.17) is 5.73 Å². The van der Waals surface area contributed by atoms with Crippen LogP contribution in [0, 0.1) is 17.8 Å². The van der Waals surface area contributed by atoms with Crippen molar-refractivity contribution in [1.82, 2.24) is 0 Å². The molecule has 1 fully saturated rings. The Bertz CT molecular complexity index is 125. The van der Waals surface area contributed by atoms with Gasteiger partial charge >= 0.3 is 0 Å². The van der Waals surface area contributed by atoms with Gasteiger partial charge in [0.25, 0.3) is 0 Å². The van der Waals surface area contributed by atoms with E-state index in [0.29, 0.717) is 6.04 Å². The molecular weight excluding hydrogens is 170 g/mol. The maximum atomic E-state index is 6.07. The van der Waals surface area contributed by atoms with E-state index in [1.54, 1.807) is 0 Å². The van der Waals surface area contributed by atoms with Crippen LogP contribution in [0.25, 0.3) is 0 Å². The SMILES string of the molecule is CC(C)[C@H]1CC[C@H](C)C[C@@H]1N.Cl. The third-order valence-corrected chi connectivity index (χ3v) is 3.07. The predicted octanol–water partition coefficient (Wildman–Crippen LogP) is 2.83. The Morgan fingerprint density at radius 1 is 1.25 bits per heavy atom. The predicted molar refractivity (Wildman–Crippen MR) is 56.6 cm³/mol. The summed E-state index contributed by atoms with van der Waals surface area (Å²) >= 11 is 0. The lowest BCUT2D eigenvalue weighted by Gasteiger charge is -2.34. The first-order chi connectivity index (χ1) is 5.11. The van der Waals surface area contributed by atoms with Crippen molar-refractivity contribution < 1.29 is 0 Å². The van der Waals surface area contributed by atoms with Gasteiger partial charge in [-0.25, -0.2) is 0 Å². The highest BCUT2D eigenvalue weighted by Gasteiger charge is 2.27. The van der Waals surface area contributed by atoms with E-state index in [9.17, 15) is 0 Å². The van der Waals surface area contributed by atoms with Gasteiger partial charge < -0.3 is 5.73 Å². The molecule has 2 heteroatoms. The fourth-order valence-corrected chi connectivity index (χ4v) is 2.28. The molecule has 0 aromatic carbocycles. The third-order valence-electron chi connectivity index (χ3n) is 3.07. The summed E-state index contributed by atoms with van der Waals surface area (Å²) in [5.74, 6) is 2.42. The summed E-state index contributed by atoms with van der Waals surface area (Å²) in [4.78, 5) is 0. The number of hydrogen-bond donors (Lipinski definition) is 1. The van der Waals surface area contributed by atoms with Gasteiger partial charge in [-0.3, -0.25) is 0 Å². The number of hydrogen-bond acceptors (Lipinski definition) is 1. The van der Waals surface area contributed by atoms with E-state index in [-0.39, 0.29) is 12.4 Å². The van der Waals surface area contributed by atoms with E-state index >= 15 is 0 Å². The number of nitrogens with two attached hydrogens (primary N) is 1. The molecule has 0 amide bonds. The first kappa shape index (κ1) is 12.2. The first-order valence-electron chi connectivity index (χ1n) is 4.87. The Hall–Kier alpha value is 0.250. The highest BCUT2D eigenvalue weighted by atomic mass is 35.5. The molecule has 1 rings (SSSR count). The standard InChI is InChI=1S/C10H21N.ClH/c1-7(2)9-5-4-8(3)6-10(9)11;/h7-10H,4-6,11H2,1-3H3;1H/t8-,9+,10-;/m0./s1. The number of halogens is 1. The van der Waals surface area contributed by atoms with Gasteiger partial charge in [0, 0.05) is 6.04 Å². The molecule has 74 valence electrons. The molecule has 1 aliphatic rings. The molecule has 12 heavy (non-hydrogen) atoms. The van der Waals surface area contributed by atoms with Gasteiger partial charge in [-0.2, -0.15) is 0 Å². The Labute approximate surface area is 82.5 Å². The first-order valence-corrected chi connectivity index (χ1v) is 4.87. The van der Waals surface area contributed by atoms with Crippen LogP contribution in [0.5, 0.6) is 0 Å². The zero-order chi connectivity index (χ0) is 8.43. The normalized spacial score (nSPS) is 36.2. The lowest BCUT2D eigenvalue weighted by molar-refractivity contribution is 0.199. The summed E-state index contributed by atoms with van der Waals surface area (Å²) in [5.41, 5.74) is 6.07. The van der Waals surface area contributed by atoms with Crippen molar-refractivity contribution in [2.45, 2.75) is 46.1 Å². The van der Waals surface area contributed by atoms with Gasteiger partial charge in [0.1, 0.15) is 0 Å². The molecule has 0 bridgehead atoms. The van der Waals surface area contributed by atoms with Crippen LogP contribution in [0.1, 0.15) is 40.0 Å². The summed E-state index contributed by atoms with van der Waals surface area (Å²) < 4.78 is 0. The van der Waals surface area contributed by atoms with Gasteiger partial charge in [0.2, 0.25) is 0 Å². The monoisotopic (exact) mass is 191 g/mol. The average molecular weight is 192 g/mol. The van der Waals surface area contributed by atoms with E-state index < -0.39 is 0 Å². The molecule has 0 aromatic heterocycles. The highest BCUT2D eigenvalue weighted by molar-refractivity contribution is 5.85. The summed E-state index contributed by atoms with van der Waals surface area (Å²) in [7, 11) is 0. The molecule has 0 spiro atoms. The van der Waals surface area contributed by atoms with Gasteiger partial charge in [0.05, 0.1) is 0 Å². The minimum absolute atomic E-state index is 0. The van der Waals surface area contributed by atoms with Crippen LogP contribution in [0.4, 0.5) is 0 Å². The Kier molecular flexibility index (Phi) is 5.19. The molecule has 1 nitrogen and oxygen atoms in total. The molecular formula is C10H22ClN. The van der Waals surface area contributed by atoms with E-state index in [1.165, 1.54) is 19.3 Å². The van der Waals surface area contributed by atoms with Crippen LogP contribution in [0.15, 0.2) is 0 Å². The van der Waals surface area contributed by atoms with Crippen LogP contribution >= 0.6 is 12.4 Å². The van der Waals surface area contributed by atoms with Crippen molar-refractivity contribution in [3.63, 3.8) is 0 Å². The second-order valence-corrected chi connectivity index (χ2v) is 4.49. The minimum Gasteiger partial charge on any atom is -0.327 e. The van der Waals surface area contributed by atoms with Crippen LogP contribution in [-0.4, -0.2) is 6.04 Å². The molecule has 1 saturated carbocycles. The summed E-state index contributed by atoms with van der Waals surface area (Å²) in [5, 5.41) is 0. The largest absolute Gasteiger partial charge is 0.327 e. The average Bonchev–Trinajstić information content (AvgIpc) is 1.85. The maximum Gasteiger partial charge on any atom is 0.00721 e. The van der Waals surface area contributed by atoms with Crippen molar-refractivity contribution in [2.24, 2.45) is 23.5 Å². The fraction of sp³-hybridized carbons (Fsp3) is 1.00. The quantitative estimate of drug-likeness (QED) is 0.678. The Balaban J connectivity index is 0.00000121. The summed E-state index contributed by atoms with van der Waals surface area (Å²) in [6.07, 6.45) is 3.97. The van der Waals surface area contributed by atoms with Crippen molar-refractivity contribution in [3.8, 4) is 0 Å². The molecule has 0 heterocycles. The lowest BCUT2D eigenvalue weighted by Crippen LogP contribution is -2.38. The van der Waals surface area contributed by atoms with Gasteiger partial charge in [0.15, 0.2) is 0 Å². The summed E-state index contributed by atoms with van der Waals surface area (Å²) in [6.45, 7) is 6.90. The van der Waals surface area contributed by atoms with Gasteiger partial charge in [-0.15, -0.1) is 12.4 Å². The molecule has 1 aliphatic carbocycles. The van der Waals surface area contributed by atoms with E-state index in [0.717, 1.165) is 17.8 Å². The smallest absolute Gasteiger partial charge is 0.00721 e. The van der Waals surface area contributed by atoms with E-state index in [1.807, 2.05) is 0 Å². The van der Waals surface area contributed by atoms with Gasteiger partial charge in [-0.1, -0.05) is 27.2 Å². The zero-order valence-corrected chi connectivity index (χ0v) is 9.23. The number of rotatable bonds is 1. The topological polar surface area (TPSA) is 26.0 Å². The summed E-state index contributed by atoms with van der Waals surface area (Å²) in [6, 6.07) is 0.471. The van der Waals surface area contributed by atoms with Crippen molar-refractivity contribution in [3.05, 3.63) is 0 Å². The molecule has 3 atom stereocenters.